The van der Waals surface area contributed by atoms with E-state index >= 15 is 0 Å². The average Bonchev–Trinajstić information content (AvgIpc) is 2.24. The fraction of sp³-hybridized carbons (Fsp3) is 0.929. The van der Waals surface area contributed by atoms with Gasteiger partial charge in [-0.3, -0.25) is 4.79 Å². The first-order chi connectivity index (χ1) is 8.76. The van der Waals surface area contributed by atoms with Gasteiger partial charge in [0.25, 0.3) is 0 Å². The topological polar surface area (TPSA) is 47.6 Å². The van der Waals surface area contributed by atoms with E-state index in [-0.39, 0.29) is 18.1 Å². The molecule has 0 aromatic carbocycles. The number of carbonyl (C=O) groups excluding carboxylic acids is 1. The lowest BCUT2D eigenvalue weighted by molar-refractivity contribution is -0.137. The second-order valence-corrected chi connectivity index (χ2v) is 5.55. The molecule has 2 aliphatic rings. The molecule has 2 aliphatic carbocycles. The van der Waals surface area contributed by atoms with Gasteiger partial charge in [0.1, 0.15) is 0 Å². The first-order valence-corrected chi connectivity index (χ1v) is 7.09. The predicted molar refractivity (Wildman–Crippen MR) is 69.0 cm³/mol. The molecule has 0 bridgehead atoms. The minimum Gasteiger partial charge on any atom is -0.354 e. The maximum atomic E-state index is 12.3. The highest BCUT2D eigenvalue weighted by atomic mass is 16.7. The summed E-state index contributed by atoms with van der Waals surface area (Å²) in [5.41, 5.74) is 0. The van der Waals surface area contributed by atoms with Crippen molar-refractivity contribution in [3.63, 3.8) is 0 Å². The van der Waals surface area contributed by atoms with Gasteiger partial charge in [0.2, 0.25) is 5.91 Å². The Kier molecular flexibility index (Phi) is 5.01. The van der Waals surface area contributed by atoms with Crippen molar-refractivity contribution in [2.75, 3.05) is 20.8 Å². The standard InChI is InChI=1S/C14H25NO3/c1-17-12(18-2)9-15-14(16)13(10-5-3-6-10)11-7-4-8-11/h10-13H,3-9H2,1-2H3,(H,15,16). The number of methoxy groups -OCH3 is 2. The van der Waals surface area contributed by atoms with Crippen molar-refractivity contribution in [2.45, 2.75) is 44.8 Å². The van der Waals surface area contributed by atoms with Crippen LogP contribution < -0.4 is 5.32 Å². The molecule has 1 amide bonds. The zero-order valence-electron chi connectivity index (χ0n) is 11.5. The molecule has 2 fully saturated rings. The van der Waals surface area contributed by atoms with Gasteiger partial charge in [-0.05, 0) is 37.5 Å². The number of hydrogen-bond acceptors (Lipinski definition) is 3. The largest absolute Gasteiger partial charge is 0.354 e. The van der Waals surface area contributed by atoms with E-state index in [1.807, 2.05) is 0 Å². The molecular formula is C14H25NO3. The Labute approximate surface area is 109 Å². The van der Waals surface area contributed by atoms with Gasteiger partial charge in [0.15, 0.2) is 6.29 Å². The summed E-state index contributed by atoms with van der Waals surface area (Å²) in [6.45, 7) is 0.446. The van der Waals surface area contributed by atoms with Crippen LogP contribution in [-0.4, -0.2) is 33.0 Å². The number of carbonyl (C=O) groups is 1. The van der Waals surface area contributed by atoms with E-state index in [2.05, 4.69) is 5.32 Å². The highest BCUT2D eigenvalue weighted by molar-refractivity contribution is 5.79. The lowest BCUT2D eigenvalue weighted by atomic mass is 9.64. The third-order valence-electron chi connectivity index (χ3n) is 4.59. The molecule has 0 aliphatic heterocycles. The molecule has 1 N–H and O–H groups in total. The lowest BCUT2D eigenvalue weighted by Gasteiger charge is -2.41. The minimum absolute atomic E-state index is 0.212. The van der Waals surface area contributed by atoms with Gasteiger partial charge in [0.05, 0.1) is 6.54 Å². The highest BCUT2D eigenvalue weighted by Crippen LogP contribution is 2.44. The molecule has 0 saturated heterocycles. The maximum Gasteiger partial charge on any atom is 0.223 e. The summed E-state index contributed by atoms with van der Waals surface area (Å²) >= 11 is 0. The van der Waals surface area contributed by atoms with Crippen molar-refractivity contribution >= 4 is 5.91 Å². The van der Waals surface area contributed by atoms with E-state index in [9.17, 15) is 4.79 Å². The number of rotatable bonds is 7. The van der Waals surface area contributed by atoms with E-state index in [1.54, 1.807) is 14.2 Å². The van der Waals surface area contributed by atoms with Crippen LogP contribution in [-0.2, 0) is 14.3 Å². The van der Waals surface area contributed by atoms with E-state index in [4.69, 9.17) is 9.47 Å². The first-order valence-electron chi connectivity index (χ1n) is 7.09. The Bertz CT molecular complexity index is 256. The molecule has 18 heavy (non-hydrogen) atoms. The molecule has 0 atom stereocenters. The number of ether oxygens (including phenoxy) is 2. The van der Waals surface area contributed by atoms with Crippen LogP contribution in [0.15, 0.2) is 0 Å². The van der Waals surface area contributed by atoms with Gasteiger partial charge < -0.3 is 14.8 Å². The molecule has 4 heteroatoms. The van der Waals surface area contributed by atoms with Crippen LogP contribution in [0.3, 0.4) is 0 Å². The maximum absolute atomic E-state index is 12.3. The summed E-state index contributed by atoms with van der Waals surface area (Å²) in [6.07, 6.45) is 7.16. The SMILES string of the molecule is COC(CNC(=O)C(C1CCC1)C1CCC1)OC. The van der Waals surface area contributed by atoms with Crippen molar-refractivity contribution < 1.29 is 14.3 Å². The van der Waals surface area contributed by atoms with E-state index in [0.29, 0.717) is 18.4 Å². The summed E-state index contributed by atoms with van der Waals surface area (Å²) in [6, 6.07) is 0. The van der Waals surface area contributed by atoms with E-state index in [1.165, 1.54) is 38.5 Å². The van der Waals surface area contributed by atoms with Crippen molar-refractivity contribution in [1.29, 1.82) is 0 Å². The van der Waals surface area contributed by atoms with Crippen LogP contribution in [0.2, 0.25) is 0 Å². The fourth-order valence-electron chi connectivity index (χ4n) is 2.98. The minimum atomic E-state index is -0.336. The van der Waals surface area contributed by atoms with E-state index < -0.39 is 0 Å². The molecule has 4 nitrogen and oxygen atoms in total. The van der Waals surface area contributed by atoms with Crippen LogP contribution >= 0.6 is 0 Å². The summed E-state index contributed by atoms with van der Waals surface area (Å²) in [4.78, 5) is 12.3. The van der Waals surface area contributed by atoms with Crippen LogP contribution in [0.25, 0.3) is 0 Å². The zero-order chi connectivity index (χ0) is 13.0. The number of nitrogens with one attached hydrogen (secondary N) is 1. The number of amides is 1. The second kappa shape index (κ2) is 6.53. The third kappa shape index (κ3) is 3.04. The molecule has 2 rings (SSSR count). The van der Waals surface area contributed by atoms with Gasteiger partial charge in [-0.2, -0.15) is 0 Å². The molecule has 0 heterocycles. The Morgan fingerprint density at radius 3 is 1.94 bits per heavy atom. The monoisotopic (exact) mass is 255 g/mol. The third-order valence-corrected chi connectivity index (χ3v) is 4.59. The van der Waals surface area contributed by atoms with Gasteiger partial charge in [-0.25, -0.2) is 0 Å². The summed E-state index contributed by atoms with van der Waals surface area (Å²) in [5.74, 6) is 1.70. The van der Waals surface area contributed by atoms with Crippen molar-refractivity contribution in [2.24, 2.45) is 17.8 Å². The van der Waals surface area contributed by atoms with Crippen LogP contribution in [0.5, 0.6) is 0 Å². The van der Waals surface area contributed by atoms with Crippen molar-refractivity contribution in [1.82, 2.24) is 5.32 Å². The summed E-state index contributed by atoms with van der Waals surface area (Å²) in [5, 5.41) is 2.99. The molecular weight excluding hydrogens is 230 g/mol. The fourth-order valence-corrected chi connectivity index (χ4v) is 2.98. The Balaban J connectivity index is 1.83. The van der Waals surface area contributed by atoms with Crippen LogP contribution in [0.1, 0.15) is 38.5 Å². The molecule has 0 radical (unpaired) electrons. The summed E-state index contributed by atoms with van der Waals surface area (Å²) < 4.78 is 10.2. The van der Waals surface area contributed by atoms with Crippen LogP contribution in [0.4, 0.5) is 0 Å². The van der Waals surface area contributed by atoms with Gasteiger partial charge in [0, 0.05) is 20.1 Å². The molecule has 0 spiro atoms. The van der Waals surface area contributed by atoms with E-state index in [0.717, 1.165) is 0 Å². The Hall–Kier alpha value is -0.610. The number of hydrogen-bond donors (Lipinski definition) is 1. The zero-order valence-corrected chi connectivity index (χ0v) is 11.5. The molecule has 0 unspecified atom stereocenters. The lowest BCUT2D eigenvalue weighted by Crippen LogP contribution is -2.46. The second-order valence-electron chi connectivity index (χ2n) is 5.55. The smallest absolute Gasteiger partial charge is 0.223 e. The first kappa shape index (κ1) is 13.8. The molecule has 104 valence electrons. The highest BCUT2D eigenvalue weighted by Gasteiger charge is 2.40. The quantitative estimate of drug-likeness (QED) is 0.707. The summed E-state index contributed by atoms with van der Waals surface area (Å²) in [7, 11) is 3.19. The predicted octanol–water partition coefficient (Wildman–Crippen LogP) is 1.94. The van der Waals surface area contributed by atoms with Crippen molar-refractivity contribution in [3.8, 4) is 0 Å². The van der Waals surface area contributed by atoms with Crippen molar-refractivity contribution in [3.05, 3.63) is 0 Å². The molecule has 2 saturated carbocycles. The van der Waals surface area contributed by atoms with Gasteiger partial charge >= 0.3 is 0 Å². The normalized spacial score (nSPS) is 20.9. The Morgan fingerprint density at radius 1 is 1.11 bits per heavy atom. The average molecular weight is 255 g/mol. The van der Waals surface area contributed by atoms with Crippen LogP contribution in [0, 0.1) is 17.8 Å². The molecule has 0 aromatic heterocycles. The van der Waals surface area contributed by atoms with Gasteiger partial charge in [-0.1, -0.05) is 12.8 Å². The Morgan fingerprint density at radius 2 is 1.61 bits per heavy atom. The molecule has 0 aromatic rings. The van der Waals surface area contributed by atoms with Gasteiger partial charge in [-0.15, -0.1) is 0 Å².